The summed E-state index contributed by atoms with van der Waals surface area (Å²) in [7, 11) is 0. The van der Waals surface area contributed by atoms with Crippen LogP contribution in [0.4, 0.5) is 0 Å². The lowest BCUT2D eigenvalue weighted by Crippen LogP contribution is -2.38. The summed E-state index contributed by atoms with van der Waals surface area (Å²) in [5, 5.41) is 13.9. The number of carbonyl (C=O) groups excluding carboxylic acids is 1. The Labute approximate surface area is 170 Å². The number of aromatic nitrogens is 3. The van der Waals surface area contributed by atoms with Gasteiger partial charge in [0.05, 0.1) is 30.4 Å². The molecule has 1 N–H and O–H groups in total. The van der Waals surface area contributed by atoms with Gasteiger partial charge in [-0.1, -0.05) is 0 Å². The van der Waals surface area contributed by atoms with E-state index in [1.54, 1.807) is 12.4 Å². The highest BCUT2D eigenvalue weighted by Gasteiger charge is 2.30. The Morgan fingerprint density at radius 1 is 1.17 bits per heavy atom. The van der Waals surface area contributed by atoms with Crippen molar-refractivity contribution in [2.75, 3.05) is 6.54 Å². The van der Waals surface area contributed by atoms with Crippen LogP contribution >= 0.6 is 0 Å². The first kappa shape index (κ1) is 19.6. The lowest BCUT2D eigenvalue weighted by atomic mass is 9.80. The van der Waals surface area contributed by atoms with Crippen molar-refractivity contribution in [3.8, 4) is 0 Å². The number of amides is 1. The Morgan fingerprint density at radius 3 is 2.59 bits per heavy atom. The predicted octanol–water partition coefficient (Wildman–Crippen LogP) is 2.80. The van der Waals surface area contributed by atoms with Crippen molar-refractivity contribution in [2.24, 2.45) is 11.8 Å². The second-order valence-electron chi connectivity index (χ2n) is 8.35. The van der Waals surface area contributed by atoms with Crippen LogP contribution in [-0.2, 0) is 29.1 Å². The molecular weight excluding hydrogens is 368 g/mol. The lowest BCUT2D eigenvalue weighted by Gasteiger charge is -2.31. The van der Waals surface area contributed by atoms with Gasteiger partial charge < -0.3 is 10.0 Å². The first-order chi connectivity index (χ1) is 14.0. The van der Waals surface area contributed by atoms with E-state index in [1.165, 1.54) is 5.56 Å². The summed E-state index contributed by atoms with van der Waals surface area (Å²) in [5.74, 6) is -0.438. The summed E-state index contributed by atoms with van der Waals surface area (Å²) >= 11 is 0. The number of fused-ring (bicyclic) bond motifs is 1. The van der Waals surface area contributed by atoms with Crippen molar-refractivity contribution in [1.82, 2.24) is 19.7 Å². The van der Waals surface area contributed by atoms with Crippen LogP contribution < -0.4 is 0 Å². The van der Waals surface area contributed by atoms with Gasteiger partial charge in [-0.2, -0.15) is 5.10 Å². The molecule has 154 valence electrons. The van der Waals surface area contributed by atoms with Crippen molar-refractivity contribution in [1.29, 1.82) is 0 Å². The van der Waals surface area contributed by atoms with Gasteiger partial charge in [0, 0.05) is 25.4 Å². The van der Waals surface area contributed by atoms with Crippen LogP contribution in [0.5, 0.6) is 0 Å². The Bertz CT molecular complexity index is 885. The Morgan fingerprint density at radius 2 is 1.90 bits per heavy atom. The van der Waals surface area contributed by atoms with Gasteiger partial charge >= 0.3 is 5.97 Å². The number of nitrogens with zero attached hydrogens (tertiary/aromatic N) is 4. The predicted molar refractivity (Wildman–Crippen MR) is 107 cm³/mol. The number of rotatable bonds is 5. The highest BCUT2D eigenvalue weighted by molar-refractivity contribution is 5.77. The van der Waals surface area contributed by atoms with E-state index in [1.807, 2.05) is 28.6 Å². The maximum Gasteiger partial charge on any atom is 0.306 e. The van der Waals surface area contributed by atoms with Crippen LogP contribution in [0.2, 0.25) is 0 Å². The fourth-order valence-corrected chi connectivity index (χ4v) is 4.67. The van der Waals surface area contributed by atoms with E-state index >= 15 is 0 Å². The number of carboxylic acids is 1. The molecule has 1 amide bonds. The average molecular weight is 396 g/mol. The van der Waals surface area contributed by atoms with Gasteiger partial charge in [0.25, 0.3) is 0 Å². The zero-order valence-electron chi connectivity index (χ0n) is 16.9. The quantitative estimate of drug-likeness (QED) is 0.840. The van der Waals surface area contributed by atoms with Gasteiger partial charge in [-0.05, 0) is 68.2 Å². The smallest absolute Gasteiger partial charge is 0.306 e. The zero-order chi connectivity index (χ0) is 20.4. The summed E-state index contributed by atoms with van der Waals surface area (Å²) < 4.78 is 2.03. The van der Waals surface area contributed by atoms with Crippen molar-refractivity contribution >= 4 is 11.9 Å². The van der Waals surface area contributed by atoms with Gasteiger partial charge in [-0.3, -0.25) is 19.3 Å². The number of carbonyl (C=O) groups is 2. The molecule has 2 aromatic rings. The van der Waals surface area contributed by atoms with E-state index in [4.69, 9.17) is 10.2 Å². The molecule has 0 spiro atoms. The number of aliphatic carboxylic acids is 1. The number of pyridine rings is 1. The molecule has 0 radical (unpaired) electrons. The van der Waals surface area contributed by atoms with Crippen LogP contribution in [0.15, 0.2) is 24.5 Å². The Balaban J connectivity index is 1.40. The molecule has 0 saturated heterocycles. The molecule has 1 aliphatic heterocycles. The molecular formula is C22H28N4O3. The Hall–Kier alpha value is -2.70. The monoisotopic (exact) mass is 396 g/mol. The van der Waals surface area contributed by atoms with Crippen molar-refractivity contribution in [3.63, 3.8) is 0 Å². The van der Waals surface area contributed by atoms with Gasteiger partial charge in [0.15, 0.2) is 0 Å². The van der Waals surface area contributed by atoms with Gasteiger partial charge in [0.2, 0.25) is 5.91 Å². The largest absolute Gasteiger partial charge is 0.481 e. The molecule has 1 fully saturated rings. The molecule has 4 rings (SSSR count). The van der Waals surface area contributed by atoms with Crippen LogP contribution in [-0.4, -0.2) is 43.2 Å². The normalized spacial score (nSPS) is 21.6. The summed E-state index contributed by atoms with van der Waals surface area (Å²) in [4.78, 5) is 30.1. The van der Waals surface area contributed by atoms with E-state index in [0.717, 1.165) is 42.8 Å². The van der Waals surface area contributed by atoms with E-state index < -0.39 is 5.97 Å². The minimum absolute atomic E-state index is 0.184. The molecule has 2 aromatic heterocycles. The zero-order valence-corrected chi connectivity index (χ0v) is 16.9. The fourth-order valence-electron chi connectivity index (χ4n) is 4.67. The summed E-state index contributed by atoms with van der Waals surface area (Å²) in [6.45, 7) is 4.06. The summed E-state index contributed by atoms with van der Waals surface area (Å²) in [6.07, 6.45) is 7.99. The first-order valence-electron chi connectivity index (χ1n) is 10.5. The summed E-state index contributed by atoms with van der Waals surface area (Å²) in [5.41, 5.74) is 4.59. The maximum absolute atomic E-state index is 12.9. The van der Waals surface area contributed by atoms with E-state index in [0.29, 0.717) is 38.3 Å². The molecule has 0 bridgehead atoms. The van der Waals surface area contributed by atoms with Crippen LogP contribution in [0.1, 0.15) is 54.6 Å². The second kappa shape index (κ2) is 8.35. The number of hydrogen-bond donors (Lipinski definition) is 1. The third kappa shape index (κ3) is 4.33. The molecule has 7 nitrogen and oxygen atoms in total. The molecule has 2 aliphatic rings. The maximum atomic E-state index is 12.9. The summed E-state index contributed by atoms with van der Waals surface area (Å²) in [6, 6.07) is 3.98. The number of carboxylic acid groups (broad SMARTS) is 1. The Kier molecular flexibility index (Phi) is 5.65. The van der Waals surface area contributed by atoms with Crippen molar-refractivity contribution < 1.29 is 14.7 Å². The fraction of sp³-hybridized carbons (Fsp3) is 0.545. The van der Waals surface area contributed by atoms with Crippen LogP contribution in [0.3, 0.4) is 0 Å². The first-order valence-corrected chi connectivity index (χ1v) is 10.5. The molecule has 0 unspecified atom stereocenters. The van der Waals surface area contributed by atoms with Crippen LogP contribution in [0.25, 0.3) is 0 Å². The lowest BCUT2D eigenvalue weighted by molar-refractivity contribution is -0.143. The molecule has 1 saturated carbocycles. The second-order valence-corrected chi connectivity index (χ2v) is 8.35. The van der Waals surface area contributed by atoms with Gasteiger partial charge in [-0.15, -0.1) is 0 Å². The van der Waals surface area contributed by atoms with Crippen molar-refractivity contribution in [2.45, 2.75) is 58.5 Å². The molecule has 3 heterocycles. The van der Waals surface area contributed by atoms with E-state index in [2.05, 4.69) is 4.98 Å². The highest BCUT2D eigenvalue weighted by atomic mass is 16.4. The van der Waals surface area contributed by atoms with E-state index in [-0.39, 0.29) is 11.8 Å². The number of hydrogen-bond acceptors (Lipinski definition) is 4. The minimum atomic E-state index is -0.698. The molecule has 7 heteroatoms. The van der Waals surface area contributed by atoms with Gasteiger partial charge in [0.1, 0.15) is 0 Å². The third-order valence-electron chi connectivity index (χ3n) is 6.43. The molecule has 0 atom stereocenters. The number of aryl methyl sites for hydroxylation is 1. The van der Waals surface area contributed by atoms with Gasteiger partial charge in [-0.25, -0.2) is 0 Å². The van der Waals surface area contributed by atoms with Crippen LogP contribution in [0, 0.1) is 18.8 Å². The standard InChI is InChI=1S/C22H28N4O3/c1-15-19-8-11-25(21(27)12-16-2-4-18(5-3-16)22(28)29)14-20(19)26(24-15)13-17-6-9-23-10-7-17/h6-7,9-10,16,18H,2-5,8,11-14H2,1H3,(H,28,29). The topological polar surface area (TPSA) is 88.3 Å². The molecule has 29 heavy (non-hydrogen) atoms. The molecule has 0 aromatic carbocycles. The highest BCUT2D eigenvalue weighted by Crippen LogP contribution is 2.32. The average Bonchev–Trinajstić information content (AvgIpc) is 3.04. The third-order valence-corrected chi connectivity index (χ3v) is 6.43. The minimum Gasteiger partial charge on any atom is -0.481 e. The SMILES string of the molecule is Cc1nn(Cc2ccncc2)c2c1CCN(C(=O)CC1CCC(C(=O)O)CC1)C2. The van der Waals surface area contributed by atoms with E-state index in [9.17, 15) is 9.59 Å². The molecule has 1 aliphatic carbocycles. The van der Waals surface area contributed by atoms with Crippen molar-refractivity contribution in [3.05, 3.63) is 47.0 Å².